The molecule has 1 aliphatic carbocycles. The number of carbonyl (C=O) groups is 1. The lowest BCUT2D eigenvalue weighted by Gasteiger charge is -2.06. The highest BCUT2D eigenvalue weighted by Crippen LogP contribution is 2.27. The van der Waals surface area contributed by atoms with E-state index in [1.165, 1.54) is 12.8 Å². The fraction of sp³-hybridized carbons (Fsp3) is 0.455. The summed E-state index contributed by atoms with van der Waals surface area (Å²) in [6.45, 7) is 0.754. The Morgan fingerprint density at radius 3 is 2.94 bits per heavy atom. The Morgan fingerprint density at radius 1 is 1.62 bits per heavy atom. The first-order valence-electron chi connectivity index (χ1n) is 5.19. The van der Waals surface area contributed by atoms with Crippen molar-refractivity contribution >= 4 is 21.8 Å². The van der Waals surface area contributed by atoms with Gasteiger partial charge in [-0.15, -0.1) is 0 Å². The molecular formula is C11H13BrN2O2. The molecule has 0 saturated heterocycles. The van der Waals surface area contributed by atoms with E-state index in [4.69, 9.17) is 4.74 Å². The lowest BCUT2D eigenvalue weighted by Crippen LogP contribution is -2.26. The van der Waals surface area contributed by atoms with Crippen molar-refractivity contribution in [3.05, 3.63) is 22.4 Å². The van der Waals surface area contributed by atoms with Gasteiger partial charge in [0.1, 0.15) is 10.3 Å². The normalized spacial score (nSPS) is 14.6. The molecule has 0 atom stereocenters. The molecule has 1 heterocycles. The Morgan fingerprint density at radius 2 is 2.38 bits per heavy atom. The first-order chi connectivity index (χ1) is 7.70. The fourth-order valence-corrected chi connectivity index (χ4v) is 1.83. The highest BCUT2D eigenvalue weighted by atomic mass is 79.9. The van der Waals surface area contributed by atoms with Crippen LogP contribution in [-0.2, 0) is 0 Å². The van der Waals surface area contributed by atoms with Gasteiger partial charge in [0, 0.05) is 6.54 Å². The molecule has 1 aromatic heterocycles. The van der Waals surface area contributed by atoms with E-state index >= 15 is 0 Å². The third-order valence-electron chi connectivity index (χ3n) is 2.52. The highest BCUT2D eigenvalue weighted by molar-refractivity contribution is 9.10. The number of hydrogen-bond donors (Lipinski definition) is 1. The molecule has 0 unspecified atom stereocenters. The predicted octanol–water partition coefficient (Wildman–Crippen LogP) is 1.99. The minimum atomic E-state index is -0.129. The predicted molar refractivity (Wildman–Crippen MR) is 63.5 cm³/mol. The number of halogens is 1. The summed E-state index contributed by atoms with van der Waals surface area (Å²) >= 11 is 3.25. The van der Waals surface area contributed by atoms with E-state index in [2.05, 4.69) is 26.2 Å². The molecule has 86 valence electrons. The molecular weight excluding hydrogens is 272 g/mol. The summed E-state index contributed by atoms with van der Waals surface area (Å²) < 4.78 is 5.60. The van der Waals surface area contributed by atoms with Crippen LogP contribution in [0.5, 0.6) is 5.75 Å². The van der Waals surface area contributed by atoms with Gasteiger partial charge in [-0.25, -0.2) is 4.98 Å². The molecule has 4 nitrogen and oxygen atoms in total. The summed E-state index contributed by atoms with van der Waals surface area (Å²) in [5, 5.41) is 2.86. The van der Waals surface area contributed by atoms with Crippen LogP contribution in [-0.4, -0.2) is 24.5 Å². The summed E-state index contributed by atoms with van der Waals surface area (Å²) in [5.41, 5.74) is 0.410. The van der Waals surface area contributed by atoms with Crippen molar-refractivity contribution < 1.29 is 9.53 Å². The number of hydrogen-bond acceptors (Lipinski definition) is 3. The number of rotatable bonds is 4. The van der Waals surface area contributed by atoms with Crippen molar-refractivity contribution in [2.24, 2.45) is 5.92 Å². The molecule has 2 rings (SSSR count). The van der Waals surface area contributed by atoms with E-state index in [9.17, 15) is 4.79 Å². The number of ether oxygens (including phenoxy) is 1. The van der Waals surface area contributed by atoms with Crippen LogP contribution < -0.4 is 10.1 Å². The number of carbonyl (C=O) groups excluding carboxylic acids is 1. The molecule has 0 aliphatic heterocycles. The Balaban J connectivity index is 2.01. The van der Waals surface area contributed by atoms with Gasteiger partial charge in [-0.1, -0.05) is 0 Å². The molecule has 1 amide bonds. The number of methoxy groups -OCH3 is 1. The molecule has 0 aromatic carbocycles. The Hall–Kier alpha value is -1.10. The average molecular weight is 285 g/mol. The second-order valence-electron chi connectivity index (χ2n) is 3.84. The first-order valence-corrected chi connectivity index (χ1v) is 5.98. The molecule has 0 spiro atoms. The van der Waals surface area contributed by atoms with Gasteiger partial charge in [0.25, 0.3) is 5.91 Å². The molecule has 1 fully saturated rings. The standard InChI is InChI=1S/C11H13BrN2O2/c1-16-9-5-4-8(14-10(9)12)11(15)13-6-7-2-3-7/h4-5,7H,2-3,6H2,1H3,(H,13,15). The molecule has 0 bridgehead atoms. The van der Waals surface area contributed by atoms with Gasteiger partial charge in [-0.3, -0.25) is 4.79 Å². The van der Waals surface area contributed by atoms with Crippen LogP contribution >= 0.6 is 15.9 Å². The summed E-state index contributed by atoms with van der Waals surface area (Å²) in [6, 6.07) is 3.38. The topological polar surface area (TPSA) is 51.2 Å². The largest absolute Gasteiger partial charge is 0.494 e. The SMILES string of the molecule is COc1ccc(C(=O)NCC2CC2)nc1Br. The van der Waals surface area contributed by atoms with Crippen LogP contribution in [0.15, 0.2) is 16.7 Å². The fourth-order valence-electron chi connectivity index (χ4n) is 1.35. The van der Waals surface area contributed by atoms with E-state index in [1.54, 1.807) is 19.2 Å². The van der Waals surface area contributed by atoms with Gasteiger partial charge in [-0.2, -0.15) is 0 Å². The minimum Gasteiger partial charge on any atom is -0.494 e. The van der Waals surface area contributed by atoms with Crippen LogP contribution in [0.2, 0.25) is 0 Å². The maximum Gasteiger partial charge on any atom is 0.269 e. The monoisotopic (exact) mass is 284 g/mol. The van der Waals surface area contributed by atoms with Crippen LogP contribution in [0.3, 0.4) is 0 Å². The molecule has 5 heteroatoms. The highest BCUT2D eigenvalue weighted by Gasteiger charge is 2.22. The number of amides is 1. The molecule has 1 saturated carbocycles. The van der Waals surface area contributed by atoms with Crippen LogP contribution in [0, 0.1) is 5.92 Å². The summed E-state index contributed by atoms with van der Waals surface area (Å²) in [6.07, 6.45) is 2.44. The molecule has 1 N–H and O–H groups in total. The van der Waals surface area contributed by atoms with E-state index in [0.29, 0.717) is 22.0 Å². The summed E-state index contributed by atoms with van der Waals surface area (Å²) in [5.74, 6) is 1.17. The van der Waals surface area contributed by atoms with Crippen molar-refractivity contribution in [2.45, 2.75) is 12.8 Å². The lowest BCUT2D eigenvalue weighted by molar-refractivity contribution is 0.0946. The van der Waals surface area contributed by atoms with Crippen LogP contribution in [0.25, 0.3) is 0 Å². The smallest absolute Gasteiger partial charge is 0.269 e. The number of nitrogens with one attached hydrogen (secondary N) is 1. The van der Waals surface area contributed by atoms with Gasteiger partial charge in [-0.05, 0) is 46.8 Å². The van der Waals surface area contributed by atoms with Crippen molar-refractivity contribution in [3.8, 4) is 5.75 Å². The Bertz CT molecular complexity index is 405. The van der Waals surface area contributed by atoms with E-state index in [1.807, 2.05) is 0 Å². The molecule has 16 heavy (non-hydrogen) atoms. The van der Waals surface area contributed by atoms with E-state index in [-0.39, 0.29) is 5.91 Å². The van der Waals surface area contributed by atoms with Crippen LogP contribution in [0.4, 0.5) is 0 Å². The lowest BCUT2D eigenvalue weighted by atomic mass is 10.3. The van der Waals surface area contributed by atoms with Gasteiger partial charge >= 0.3 is 0 Å². The quantitative estimate of drug-likeness (QED) is 0.861. The van der Waals surface area contributed by atoms with Crippen molar-refractivity contribution in [2.75, 3.05) is 13.7 Å². The second kappa shape index (κ2) is 4.82. The van der Waals surface area contributed by atoms with Crippen molar-refractivity contribution in [3.63, 3.8) is 0 Å². The Kier molecular flexibility index (Phi) is 3.43. The van der Waals surface area contributed by atoms with Crippen LogP contribution in [0.1, 0.15) is 23.3 Å². The first kappa shape index (κ1) is 11.4. The minimum absolute atomic E-state index is 0.129. The van der Waals surface area contributed by atoms with E-state index in [0.717, 1.165) is 6.54 Å². The number of pyridine rings is 1. The van der Waals surface area contributed by atoms with E-state index < -0.39 is 0 Å². The average Bonchev–Trinajstić information content (AvgIpc) is 3.09. The maximum absolute atomic E-state index is 11.7. The van der Waals surface area contributed by atoms with Gasteiger partial charge < -0.3 is 10.1 Å². The molecule has 1 aromatic rings. The third kappa shape index (κ3) is 2.72. The number of nitrogens with zero attached hydrogens (tertiary/aromatic N) is 1. The number of aromatic nitrogens is 1. The zero-order valence-electron chi connectivity index (χ0n) is 9.00. The van der Waals surface area contributed by atoms with Crippen molar-refractivity contribution in [1.29, 1.82) is 0 Å². The molecule has 0 radical (unpaired) electrons. The summed E-state index contributed by atoms with van der Waals surface area (Å²) in [7, 11) is 1.56. The van der Waals surface area contributed by atoms with Gasteiger partial charge in [0.2, 0.25) is 0 Å². The zero-order valence-corrected chi connectivity index (χ0v) is 10.6. The maximum atomic E-state index is 11.7. The third-order valence-corrected chi connectivity index (χ3v) is 3.08. The zero-order chi connectivity index (χ0) is 11.5. The Labute approximate surface area is 103 Å². The second-order valence-corrected chi connectivity index (χ2v) is 4.59. The van der Waals surface area contributed by atoms with Crippen molar-refractivity contribution in [1.82, 2.24) is 10.3 Å². The van der Waals surface area contributed by atoms with Gasteiger partial charge in [0.05, 0.1) is 7.11 Å². The molecule has 1 aliphatic rings. The van der Waals surface area contributed by atoms with Gasteiger partial charge in [0.15, 0.2) is 5.75 Å². The summed E-state index contributed by atoms with van der Waals surface area (Å²) in [4.78, 5) is 15.8.